The Morgan fingerprint density at radius 2 is 2.10 bits per heavy atom. The smallest absolute Gasteiger partial charge is 0.234 e. The molecule has 20 heavy (non-hydrogen) atoms. The van der Waals surface area contributed by atoms with Gasteiger partial charge in [-0.15, -0.1) is 0 Å². The number of nitrogens with one attached hydrogen (secondary N) is 2. The van der Waals surface area contributed by atoms with E-state index in [1.54, 1.807) is 0 Å². The van der Waals surface area contributed by atoms with E-state index in [0.717, 1.165) is 38.2 Å². The van der Waals surface area contributed by atoms with Crippen molar-refractivity contribution >= 4 is 17.5 Å². The van der Waals surface area contributed by atoms with Crippen molar-refractivity contribution in [3.8, 4) is 0 Å². The molecule has 0 spiro atoms. The minimum absolute atomic E-state index is 0.00451. The van der Waals surface area contributed by atoms with Gasteiger partial charge in [-0.2, -0.15) is 0 Å². The Morgan fingerprint density at radius 1 is 1.35 bits per heavy atom. The van der Waals surface area contributed by atoms with Crippen molar-refractivity contribution in [1.29, 1.82) is 0 Å². The van der Waals surface area contributed by atoms with Gasteiger partial charge in [0.25, 0.3) is 0 Å². The number of carbonyl (C=O) groups excluding carboxylic acids is 1. The normalized spacial score (nSPS) is 18.3. The van der Waals surface area contributed by atoms with E-state index in [9.17, 15) is 4.79 Å². The van der Waals surface area contributed by atoms with E-state index < -0.39 is 0 Å². The lowest BCUT2D eigenvalue weighted by Crippen LogP contribution is -2.39. The minimum atomic E-state index is 0.00451. The van der Waals surface area contributed by atoms with Crippen LogP contribution in [-0.2, 0) is 4.79 Å². The zero-order valence-corrected chi connectivity index (χ0v) is 12.6. The third kappa shape index (κ3) is 4.78. The Balaban J connectivity index is 1.82. The number of rotatable bonds is 4. The van der Waals surface area contributed by atoms with E-state index >= 15 is 0 Å². The molecule has 1 fully saturated rings. The first kappa shape index (κ1) is 15.3. The predicted octanol–water partition coefficient (Wildman–Crippen LogP) is 1.81. The number of benzene rings is 1. The summed E-state index contributed by atoms with van der Waals surface area (Å²) in [5.41, 5.74) is 1.07. The zero-order chi connectivity index (χ0) is 14.4. The largest absolute Gasteiger partial charge is 0.348 e. The second kappa shape index (κ2) is 7.62. The van der Waals surface area contributed by atoms with Gasteiger partial charge in [0.1, 0.15) is 0 Å². The fraction of sp³-hybridized carbons (Fsp3) is 0.533. The van der Waals surface area contributed by atoms with E-state index in [4.69, 9.17) is 11.6 Å². The third-order valence-corrected chi connectivity index (χ3v) is 3.80. The van der Waals surface area contributed by atoms with Crippen molar-refractivity contribution in [2.45, 2.75) is 19.4 Å². The van der Waals surface area contributed by atoms with Gasteiger partial charge in [0.15, 0.2) is 0 Å². The molecule has 0 aromatic heterocycles. The van der Waals surface area contributed by atoms with Crippen LogP contribution in [0.4, 0.5) is 0 Å². The van der Waals surface area contributed by atoms with Gasteiger partial charge in [0.05, 0.1) is 12.6 Å². The first-order chi connectivity index (χ1) is 9.65. The lowest BCUT2D eigenvalue weighted by atomic mass is 10.1. The standard InChI is InChI=1S/C15H22ClN3O/c1-12(13-3-5-14(16)6-4-13)18-15(20)11-19-9-2-7-17-8-10-19/h3-6,12,17H,2,7-11H2,1H3,(H,18,20). The van der Waals surface area contributed by atoms with Gasteiger partial charge in [0, 0.05) is 18.1 Å². The Kier molecular flexibility index (Phi) is 5.83. The molecule has 1 aliphatic heterocycles. The molecule has 0 bridgehead atoms. The fourth-order valence-corrected chi connectivity index (χ4v) is 2.51. The van der Waals surface area contributed by atoms with Crippen molar-refractivity contribution in [2.24, 2.45) is 0 Å². The molecule has 1 amide bonds. The number of hydrogen-bond donors (Lipinski definition) is 2. The molecule has 0 saturated carbocycles. The number of amides is 1. The zero-order valence-electron chi connectivity index (χ0n) is 11.9. The molecule has 0 aliphatic carbocycles. The summed E-state index contributed by atoms with van der Waals surface area (Å²) in [6, 6.07) is 7.59. The quantitative estimate of drug-likeness (QED) is 0.890. The highest BCUT2D eigenvalue weighted by atomic mass is 35.5. The highest BCUT2D eigenvalue weighted by Crippen LogP contribution is 2.15. The highest BCUT2D eigenvalue weighted by Gasteiger charge is 2.14. The van der Waals surface area contributed by atoms with E-state index in [0.29, 0.717) is 11.6 Å². The highest BCUT2D eigenvalue weighted by molar-refractivity contribution is 6.30. The minimum Gasteiger partial charge on any atom is -0.348 e. The van der Waals surface area contributed by atoms with Gasteiger partial charge >= 0.3 is 0 Å². The van der Waals surface area contributed by atoms with Crippen LogP contribution in [0.25, 0.3) is 0 Å². The molecule has 1 atom stereocenters. The van der Waals surface area contributed by atoms with E-state index in [1.165, 1.54) is 0 Å². The first-order valence-electron chi connectivity index (χ1n) is 7.13. The van der Waals surface area contributed by atoms with Gasteiger partial charge in [-0.05, 0) is 44.1 Å². The van der Waals surface area contributed by atoms with Crippen molar-refractivity contribution < 1.29 is 4.79 Å². The molecule has 2 rings (SSSR count). The van der Waals surface area contributed by atoms with Crippen LogP contribution in [0.3, 0.4) is 0 Å². The van der Waals surface area contributed by atoms with Gasteiger partial charge in [0.2, 0.25) is 5.91 Å². The lowest BCUT2D eigenvalue weighted by Gasteiger charge is -2.21. The van der Waals surface area contributed by atoms with E-state index in [2.05, 4.69) is 15.5 Å². The number of hydrogen-bond acceptors (Lipinski definition) is 3. The second-order valence-electron chi connectivity index (χ2n) is 5.22. The van der Waals surface area contributed by atoms with Gasteiger partial charge in [-0.3, -0.25) is 9.69 Å². The molecular formula is C15H22ClN3O. The number of nitrogens with zero attached hydrogens (tertiary/aromatic N) is 1. The summed E-state index contributed by atoms with van der Waals surface area (Å²) in [6.07, 6.45) is 1.10. The predicted molar refractivity (Wildman–Crippen MR) is 81.9 cm³/mol. The molecule has 1 heterocycles. The van der Waals surface area contributed by atoms with Crippen LogP contribution >= 0.6 is 11.6 Å². The van der Waals surface area contributed by atoms with E-state index in [-0.39, 0.29) is 11.9 Å². The Bertz CT molecular complexity index is 427. The van der Waals surface area contributed by atoms with Crippen LogP contribution in [0, 0.1) is 0 Å². The van der Waals surface area contributed by atoms with Crippen LogP contribution in [0.1, 0.15) is 24.9 Å². The molecule has 1 aromatic rings. The lowest BCUT2D eigenvalue weighted by molar-refractivity contribution is -0.122. The molecule has 2 N–H and O–H groups in total. The van der Waals surface area contributed by atoms with Crippen molar-refractivity contribution in [3.63, 3.8) is 0 Å². The Morgan fingerprint density at radius 3 is 2.85 bits per heavy atom. The molecule has 1 unspecified atom stereocenters. The average Bonchev–Trinajstić information content (AvgIpc) is 2.68. The molecule has 110 valence electrons. The van der Waals surface area contributed by atoms with Crippen LogP contribution in [0.2, 0.25) is 5.02 Å². The topological polar surface area (TPSA) is 44.4 Å². The van der Waals surface area contributed by atoms with Crippen molar-refractivity contribution in [2.75, 3.05) is 32.7 Å². The summed E-state index contributed by atoms with van der Waals surface area (Å²) in [4.78, 5) is 14.3. The fourth-order valence-electron chi connectivity index (χ4n) is 2.38. The molecule has 0 radical (unpaired) electrons. The van der Waals surface area contributed by atoms with Gasteiger partial charge in [-0.25, -0.2) is 0 Å². The molecule has 1 aliphatic rings. The third-order valence-electron chi connectivity index (χ3n) is 3.55. The molecule has 1 saturated heterocycles. The molecule has 1 aromatic carbocycles. The van der Waals surface area contributed by atoms with Gasteiger partial charge < -0.3 is 10.6 Å². The van der Waals surface area contributed by atoms with Crippen molar-refractivity contribution in [1.82, 2.24) is 15.5 Å². The van der Waals surface area contributed by atoms with E-state index in [1.807, 2.05) is 31.2 Å². The maximum atomic E-state index is 12.1. The summed E-state index contributed by atoms with van der Waals surface area (Å²) in [5, 5.41) is 7.09. The van der Waals surface area contributed by atoms with Crippen LogP contribution in [0.5, 0.6) is 0 Å². The summed E-state index contributed by atoms with van der Waals surface area (Å²) in [6.45, 7) is 6.38. The SMILES string of the molecule is CC(NC(=O)CN1CCCNCC1)c1ccc(Cl)cc1. The summed E-state index contributed by atoms with van der Waals surface area (Å²) in [7, 11) is 0. The molecule has 4 nitrogen and oxygen atoms in total. The summed E-state index contributed by atoms with van der Waals surface area (Å²) in [5.74, 6) is 0.0781. The maximum absolute atomic E-state index is 12.1. The van der Waals surface area contributed by atoms with Crippen LogP contribution < -0.4 is 10.6 Å². The van der Waals surface area contributed by atoms with Gasteiger partial charge in [-0.1, -0.05) is 23.7 Å². The monoisotopic (exact) mass is 295 g/mol. The Hall–Kier alpha value is -1.10. The molecule has 5 heteroatoms. The maximum Gasteiger partial charge on any atom is 0.234 e. The second-order valence-corrected chi connectivity index (χ2v) is 5.66. The van der Waals surface area contributed by atoms with Crippen molar-refractivity contribution in [3.05, 3.63) is 34.9 Å². The Labute approximate surface area is 125 Å². The first-order valence-corrected chi connectivity index (χ1v) is 7.51. The summed E-state index contributed by atoms with van der Waals surface area (Å²) < 4.78 is 0. The number of carbonyl (C=O) groups is 1. The van der Waals surface area contributed by atoms with Crippen LogP contribution in [-0.4, -0.2) is 43.5 Å². The molecular weight excluding hydrogens is 274 g/mol. The average molecular weight is 296 g/mol. The summed E-state index contributed by atoms with van der Waals surface area (Å²) >= 11 is 5.87. The van der Waals surface area contributed by atoms with Crippen LogP contribution in [0.15, 0.2) is 24.3 Å². The number of halogens is 1.